The van der Waals surface area contributed by atoms with E-state index in [1.807, 2.05) is 85.7 Å². The average Bonchev–Trinajstić information content (AvgIpc) is 3.40. The van der Waals surface area contributed by atoms with Gasteiger partial charge in [0.2, 0.25) is 0 Å². The molecule has 44 heavy (non-hydrogen) atoms. The second kappa shape index (κ2) is 12.6. The molecule has 1 aliphatic rings. The third-order valence-corrected chi connectivity index (χ3v) is 8.88. The van der Waals surface area contributed by atoms with Crippen LogP contribution in [0.15, 0.2) is 103 Å². The molecule has 0 radical (unpaired) electrons. The fraction of sp³-hybridized carbons (Fsp3) is 0.250. The molecular weight excluding hydrogens is 572 g/mol. The highest BCUT2D eigenvalue weighted by atomic mass is 35.5. The van der Waals surface area contributed by atoms with Crippen LogP contribution in [0.1, 0.15) is 27.5 Å². The van der Waals surface area contributed by atoms with Crippen molar-refractivity contribution in [3.05, 3.63) is 125 Å². The Labute approximate surface area is 263 Å². The van der Waals surface area contributed by atoms with Gasteiger partial charge < -0.3 is 29.5 Å². The second-order valence-corrected chi connectivity index (χ2v) is 12.1. The van der Waals surface area contributed by atoms with Gasteiger partial charge in [-0.15, -0.1) is 0 Å². The Morgan fingerprint density at radius 2 is 1.48 bits per heavy atom. The lowest BCUT2D eigenvalue weighted by molar-refractivity contribution is 0.0706. The molecule has 2 heterocycles. The highest BCUT2D eigenvalue weighted by Gasteiger charge is 2.38. The van der Waals surface area contributed by atoms with E-state index in [-0.39, 0.29) is 29.4 Å². The minimum atomic E-state index is -0.193. The molecule has 7 nitrogen and oxygen atoms in total. The van der Waals surface area contributed by atoms with Gasteiger partial charge in [-0.3, -0.25) is 4.79 Å². The van der Waals surface area contributed by atoms with Crippen molar-refractivity contribution < 1.29 is 15.0 Å². The summed E-state index contributed by atoms with van der Waals surface area (Å²) in [6.45, 7) is 3.09. The number of carbonyl (C=O) groups is 1. The van der Waals surface area contributed by atoms with Gasteiger partial charge >= 0.3 is 0 Å². The van der Waals surface area contributed by atoms with Crippen molar-refractivity contribution in [2.75, 3.05) is 45.2 Å². The predicted molar refractivity (Wildman–Crippen MR) is 177 cm³/mol. The van der Waals surface area contributed by atoms with Gasteiger partial charge in [0, 0.05) is 49.5 Å². The maximum Gasteiger partial charge on any atom is 0.270 e. The Bertz CT molecular complexity index is 1700. The van der Waals surface area contributed by atoms with E-state index in [0.717, 1.165) is 34.3 Å². The van der Waals surface area contributed by atoms with Crippen molar-refractivity contribution in [1.82, 2.24) is 14.4 Å². The number of piperazine rings is 1. The highest BCUT2D eigenvalue weighted by Crippen LogP contribution is 2.39. The number of hydrogen-bond donors (Lipinski definition) is 2. The molecule has 6 rings (SSSR count). The Morgan fingerprint density at radius 1 is 0.864 bits per heavy atom. The molecule has 1 unspecified atom stereocenters. The van der Waals surface area contributed by atoms with Gasteiger partial charge in [0.1, 0.15) is 17.2 Å². The lowest BCUT2D eigenvalue weighted by Gasteiger charge is -2.46. The zero-order valence-corrected chi connectivity index (χ0v) is 25.7. The summed E-state index contributed by atoms with van der Waals surface area (Å²) >= 11 is 6.79. The van der Waals surface area contributed by atoms with E-state index in [2.05, 4.69) is 26.5 Å². The SMILES string of the molecule is CN(C)CCn1c(C(=O)N2CCN(c3ccccc3Cl)C(C(c3ccc(O)cc3)c3ccc(O)cc3)C2)cc2ccccc21. The smallest absolute Gasteiger partial charge is 0.270 e. The van der Waals surface area contributed by atoms with E-state index in [1.54, 1.807) is 24.3 Å². The molecule has 0 bridgehead atoms. The average molecular weight is 609 g/mol. The molecule has 0 saturated carbocycles. The number of rotatable bonds is 8. The number of hydrogen-bond acceptors (Lipinski definition) is 5. The summed E-state index contributed by atoms with van der Waals surface area (Å²) in [5.74, 6) is 0.181. The predicted octanol–water partition coefficient (Wildman–Crippen LogP) is 6.43. The standard InChI is InChI=1S/C36H37ClN4O3/c1-38(2)19-21-40-31-9-5-3-7-27(31)23-33(40)36(44)39-20-22-41(32-10-6-4-8-30(32)37)34(24-39)35(25-11-15-28(42)16-12-25)26-13-17-29(43)18-14-26/h3-18,23,34-35,42-43H,19-22,24H2,1-2H3. The topological polar surface area (TPSA) is 72.2 Å². The third-order valence-electron chi connectivity index (χ3n) is 8.56. The Balaban J connectivity index is 1.43. The molecular formula is C36H37ClN4O3. The number of para-hydroxylation sites is 2. The quantitative estimate of drug-likeness (QED) is 0.212. The van der Waals surface area contributed by atoms with Gasteiger partial charge in [-0.25, -0.2) is 0 Å². The minimum absolute atomic E-state index is 0.000994. The van der Waals surface area contributed by atoms with Crippen LogP contribution in [-0.2, 0) is 6.54 Å². The van der Waals surface area contributed by atoms with Crippen LogP contribution in [0.5, 0.6) is 11.5 Å². The number of anilines is 1. The van der Waals surface area contributed by atoms with Crippen LogP contribution in [-0.4, -0.2) is 76.8 Å². The molecule has 1 fully saturated rings. The Hall–Kier alpha value is -4.46. The van der Waals surface area contributed by atoms with Crippen LogP contribution in [0.4, 0.5) is 5.69 Å². The van der Waals surface area contributed by atoms with Gasteiger partial charge in [-0.1, -0.05) is 66.2 Å². The fourth-order valence-electron chi connectivity index (χ4n) is 6.35. The first-order valence-electron chi connectivity index (χ1n) is 14.9. The normalized spacial score (nSPS) is 15.4. The van der Waals surface area contributed by atoms with Gasteiger partial charge in [0.25, 0.3) is 5.91 Å². The van der Waals surface area contributed by atoms with Crippen LogP contribution >= 0.6 is 11.6 Å². The first-order chi connectivity index (χ1) is 21.3. The number of amides is 1. The molecule has 1 amide bonds. The summed E-state index contributed by atoms with van der Waals surface area (Å²) in [4.78, 5) is 20.9. The van der Waals surface area contributed by atoms with Gasteiger partial charge in [0.15, 0.2) is 0 Å². The zero-order chi connectivity index (χ0) is 30.8. The maximum atomic E-state index is 14.5. The lowest BCUT2D eigenvalue weighted by Crippen LogP contribution is -2.57. The number of likely N-dealkylation sites (N-methyl/N-ethyl adjacent to an activating group) is 1. The van der Waals surface area contributed by atoms with Gasteiger partial charge in [-0.2, -0.15) is 0 Å². The molecule has 5 aromatic rings. The summed E-state index contributed by atoms with van der Waals surface area (Å²) < 4.78 is 2.14. The summed E-state index contributed by atoms with van der Waals surface area (Å²) in [6, 6.07) is 32.3. The minimum Gasteiger partial charge on any atom is -0.508 e. The van der Waals surface area contributed by atoms with Gasteiger partial charge in [0.05, 0.1) is 16.8 Å². The summed E-state index contributed by atoms with van der Waals surface area (Å²) in [5.41, 5.74) is 4.63. The molecule has 226 valence electrons. The zero-order valence-electron chi connectivity index (χ0n) is 25.0. The van der Waals surface area contributed by atoms with Crippen LogP contribution in [0.3, 0.4) is 0 Å². The van der Waals surface area contributed by atoms with Crippen molar-refractivity contribution in [2.24, 2.45) is 0 Å². The van der Waals surface area contributed by atoms with E-state index < -0.39 is 0 Å². The lowest BCUT2D eigenvalue weighted by atomic mass is 9.82. The molecule has 4 aromatic carbocycles. The maximum absolute atomic E-state index is 14.5. The Morgan fingerprint density at radius 3 is 2.11 bits per heavy atom. The monoisotopic (exact) mass is 608 g/mol. The first kappa shape index (κ1) is 29.6. The van der Waals surface area contributed by atoms with Crippen LogP contribution in [0.25, 0.3) is 10.9 Å². The molecule has 1 atom stereocenters. The third kappa shape index (κ3) is 5.98. The van der Waals surface area contributed by atoms with Crippen molar-refractivity contribution in [3.63, 3.8) is 0 Å². The largest absolute Gasteiger partial charge is 0.508 e. The van der Waals surface area contributed by atoms with E-state index in [1.165, 1.54) is 0 Å². The molecule has 8 heteroatoms. The van der Waals surface area contributed by atoms with Crippen LogP contribution in [0.2, 0.25) is 5.02 Å². The summed E-state index contributed by atoms with van der Waals surface area (Å²) in [7, 11) is 4.08. The molecule has 1 aromatic heterocycles. The fourth-order valence-corrected chi connectivity index (χ4v) is 6.60. The van der Waals surface area contributed by atoms with E-state index in [0.29, 0.717) is 36.9 Å². The number of nitrogens with zero attached hydrogens (tertiary/aromatic N) is 4. The van der Waals surface area contributed by atoms with E-state index >= 15 is 0 Å². The number of halogens is 1. The van der Waals surface area contributed by atoms with Crippen molar-refractivity contribution in [2.45, 2.75) is 18.5 Å². The van der Waals surface area contributed by atoms with Crippen LogP contribution < -0.4 is 4.90 Å². The number of aromatic nitrogens is 1. The van der Waals surface area contributed by atoms with Crippen molar-refractivity contribution in [1.29, 1.82) is 0 Å². The molecule has 0 aliphatic carbocycles. The number of benzene rings is 4. The van der Waals surface area contributed by atoms with Crippen LogP contribution in [0, 0.1) is 0 Å². The van der Waals surface area contributed by atoms with Gasteiger partial charge in [-0.05, 0) is 73.8 Å². The number of phenols is 2. The second-order valence-electron chi connectivity index (χ2n) is 11.7. The molecule has 1 saturated heterocycles. The number of carbonyl (C=O) groups excluding carboxylic acids is 1. The molecule has 1 aliphatic heterocycles. The number of fused-ring (bicyclic) bond motifs is 1. The Kier molecular flexibility index (Phi) is 8.51. The number of aromatic hydroxyl groups is 2. The van der Waals surface area contributed by atoms with E-state index in [4.69, 9.17) is 11.6 Å². The number of phenolic OH excluding ortho intramolecular Hbond substituents is 2. The summed E-state index contributed by atoms with van der Waals surface area (Å²) in [6.07, 6.45) is 0. The molecule has 0 spiro atoms. The molecule has 2 N–H and O–H groups in total. The first-order valence-corrected chi connectivity index (χ1v) is 15.3. The van der Waals surface area contributed by atoms with Crippen molar-refractivity contribution >= 4 is 34.1 Å². The highest BCUT2D eigenvalue weighted by molar-refractivity contribution is 6.33. The van der Waals surface area contributed by atoms with Crippen molar-refractivity contribution in [3.8, 4) is 11.5 Å². The summed E-state index contributed by atoms with van der Waals surface area (Å²) in [5, 5.41) is 21.9. The van der Waals surface area contributed by atoms with E-state index in [9.17, 15) is 15.0 Å².